The molecule has 7 heteroatoms. The minimum absolute atomic E-state index is 0.118. The van der Waals surface area contributed by atoms with Crippen LogP contribution in [0.2, 0.25) is 0 Å². The smallest absolute Gasteiger partial charge is 0.325 e. The summed E-state index contributed by atoms with van der Waals surface area (Å²) in [6, 6.07) is 3.77. The highest BCUT2D eigenvalue weighted by Crippen LogP contribution is 2.22. The monoisotopic (exact) mass is 571 g/mol. The number of carbonyl (C=O) groups excluding carboxylic acids is 2. The van der Waals surface area contributed by atoms with Crippen LogP contribution in [0.5, 0.6) is 0 Å². The number of ether oxygens (including phenoxy) is 1. The van der Waals surface area contributed by atoms with Crippen LogP contribution < -0.4 is 5.32 Å². The van der Waals surface area contributed by atoms with Crippen LogP contribution in [0.25, 0.3) is 0 Å². The van der Waals surface area contributed by atoms with Crippen molar-refractivity contribution in [3.63, 3.8) is 0 Å². The van der Waals surface area contributed by atoms with E-state index in [9.17, 15) is 9.59 Å². The molecule has 1 N–H and O–H groups in total. The molecule has 92 valence electrons. The van der Waals surface area contributed by atoms with Gasteiger partial charge in [-0.1, -0.05) is 0 Å². The van der Waals surface area contributed by atoms with Gasteiger partial charge in [0, 0.05) is 10.7 Å². The van der Waals surface area contributed by atoms with E-state index >= 15 is 0 Å². The Morgan fingerprint density at radius 2 is 1.94 bits per heavy atom. The van der Waals surface area contributed by atoms with Gasteiger partial charge in [-0.25, -0.2) is 0 Å². The Kier molecular flexibility index (Phi) is 6.40. The zero-order valence-corrected chi connectivity index (χ0v) is 15.2. The Hall–Kier alpha value is 0.350. The molecule has 0 heterocycles. The van der Waals surface area contributed by atoms with Gasteiger partial charge < -0.3 is 10.1 Å². The van der Waals surface area contributed by atoms with Gasteiger partial charge in [-0.15, -0.1) is 0 Å². The van der Waals surface area contributed by atoms with E-state index in [0.29, 0.717) is 5.56 Å². The van der Waals surface area contributed by atoms with Crippen molar-refractivity contribution in [1.29, 1.82) is 0 Å². The first kappa shape index (κ1) is 15.4. The molecule has 0 aliphatic rings. The molecule has 1 aromatic carbocycles. The summed E-state index contributed by atoms with van der Waals surface area (Å²) in [4.78, 5) is 22.8. The Balaban J connectivity index is 2.86. The fourth-order valence-electron chi connectivity index (χ4n) is 1.04. The molecule has 0 spiro atoms. The average Bonchev–Trinajstić information content (AvgIpc) is 2.30. The second kappa shape index (κ2) is 7.07. The van der Waals surface area contributed by atoms with E-state index in [1.54, 1.807) is 6.07 Å². The standard InChI is InChI=1S/C10H8I3NO3/c1-17-8(15)4-14-10(16)6-2-5(11)3-7(12)9(6)13/h2-3H,4H2,1H3,(H,14,16). The summed E-state index contributed by atoms with van der Waals surface area (Å²) in [7, 11) is 1.28. The second-order valence-electron chi connectivity index (χ2n) is 3.01. The van der Waals surface area contributed by atoms with E-state index < -0.39 is 5.97 Å². The van der Waals surface area contributed by atoms with Gasteiger partial charge in [0.15, 0.2) is 0 Å². The van der Waals surface area contributed by atoms with Gasteiger partial charge in [0.2, 0.25) is 0 Å². The minimum atomic E-state index is -0.464. The minimum Gasteiger partial charge on any atom is -0.468 e. The third kappa shape index (κ3) is 4.50. The van der Waals surface area contributed by atoms with E-state index in [1.807, 2.05) is 6.07 Å². The molecule has 0 radical (unpaired) electrons. The number of carbonyl (C=O) groups is 2. The van der Waals surface area contributed by atoms with Gasteiger partial charge in [0.25, 0.3) is 5.91 Å². The normalized spacial score (nSPS) is 9.88. The summed E-state index contributed by atoms with van der Waals surface area (Å²) in [5, 5.41) is 2.52. The van der Waals surface area contributed by atoms with Crippen LogP contribution in [0.4, 0.5) is 0 Å². The predicted molar refractivity (Wildman–Crippen MR) is 88.9 cm³/mol. The number of benzene rings is 1. The van der Waals surface area contributed by atoms with Gasteiger partial charge in [-0.05, 0) is 79.9 Å². The van der Waals surface area contributed by atoms with Crippen molar-refractivity contribution in [3.8, 4) is 0 Å². The quantitative estimate of drug-likeness (QED) is 0.345. The Morgan fingerprint density at radius 3 is 2.53 bits per heavy atom. The number of halogens is 3. The topological polar surface area (TPSA) is 55.4 Å². The van der Waals surface area contributed by atoms with Crippen molar-refractivity contribution in [2.75, 3.05) is 13.7 Å². The molecule has 0 unspecified atom stereocenters. The van der Waals surface area contributed by atoms with Crippen LogP contribution in [0, 0.1) is 10.7 Å². The van der Waals surface area contributed by atoms with Crippen LogP contribution in [0.1, 0.15) is 10.4 Å². The lowest BCUT2D eigenvalue weighted by molar-refractivity contribution is -0.139. The molecule has 17 heavy (non-hydrogen) atoms. The molecule has 1 amide bonds. The largest absolute Gasteiger partial charge is 0.468 e. The number of esters is 1. The van der Waals surface area contributed by atoms with Crippen molar-refractivity contribution in [2.24, 2.45) is 0 Å². The van der Waals surface area contributed by atoms with Gasteiger partial charge in [-0.3, -0.25) is 9.59 Å². The number of hydrogen-bond donors (Lipinski definition) is 1. The van der Waals surface area contributed by atoms with Gasteiger partial charge in [0.05, 0.1) is 12.7 Å². The summed E-state index contributed by atoms with van der Waals surface area (Å²) in [6.07, 6.45) is 0. The summed E-state index contributed by atoms with van der Waals surface area (Å²) in [5.74, 6) is -0.732. The van der Waals surface area contributed by atoms with Gasteiger partial charge >= 0.3 is 5.97 Å². The molecule has 1 aromatic rings. The molecule has 0 bridgehead atoms. The van der Waals surface area contributed by atoms with E-state index in [0.717, 1.165) is 10.7 Å². The van der Waals surface area contributed by atoms with Crippen molar-refractivity contribution in [1.82, 2.24) is 5.32 Å². The van der Waals surface area contributed by atoms with Crippen LogP contribution >= 0.6 is 67.8 Å². The molecular weight excluding hydrogens is 563 g/mol. The lowest BCUT2D eigenvalue weighted by Gasteiger charge is -2.08. The maximum Gasteiger partial charge on any atom is 0.325 e. The molecule has 4 nitrogen and oxygen atoms in total. The number of hydrogen-bond acceptors (Lipinski definition) is 3. The lowest BCUT2D eigenvalue weighted by Crippen LogP contribution is -2.30. The molecule has 0 saturated carbocycles. The molecule has 1 rings (SSSR count). The molecule has 0 aliphatic carbocycles. The first-order chi connectivity index (χ1) is 7.95. The van der Waals surface area contributed by atoms with Crippen molar-refractivity contribution < 1.29 is 14.3 Å². The zero-order chi connectivity index (χ0) is 13.0. The molecule has 0 fully saturated rings. The fourth-order valence-corrected chi connectivity index (χ4v) is 3.44. The molecule has 0 aromatic heterocycles. The Bertz CT molecular complexity index is 462. The highest BCUT2D eigenvalue weighted by Gasteiger charge is 2.14. The lowest BCUT2D eigenvalue weighted by atomic mass is 10.2. The second-order valence-corrected chi connectivity index (χ2v) is 6.49. The molecule has 0 saturated heterocycles. The maximum absolute atomic E-state index is 11.9. The molecular formula is C10H8I3NO3. The third-order valence-corrected chi connectivity index (χ3v) is 5.53. The Morgan fingerprint density at radius 1 is 1.29 bits per heavy atom. The third-order valence-electron chi connectivity index (χ3n) is 1.86. The van der Waals surface area contributed by atoms with E-state index in [-0.39, 0.29) is 12.5 Å². The first-order valence-electron chi connectivity index (χ1n) is 4.45. The summed E-state index contributed by atoms with van der Waals surface area (Å²) in [6.45, 7) is -0.118. The van der Waals surface area contributed by atoms with Gasteiger partial charge in [-0.2, -0.15) is 0 Å². The van der Waals surface area contributed by atoms with E-state index in [1.165, 1.54) is 7.11 Å². The first-order valence-corrected chi connectivity index (χ1v) is 7.69. The number of amides is 1. The fraction of sp³-hybridized carbons (Fsp3) is 0.200. The highest BCUT2D eigenvalue weighted by molar-refractivity contribution is 14.1. The maximum atomic E-state index is 11.9. The van der Waals surface area contributed by atoms with Crippen molar-refractivity contribution in [2.45, 2.75) is 0 Å². The van der Waals surface area contributed by atoms with Gasteiger partial charge in [0.1, 0.15) is 6.54 Å². The Labute approximate surface area is 140 Å². The summed E-state index contributed by atoms with van der Waals surface area (Å²) < 4.78 is 7.33. The number of methoxy groups -OCH3 is 1. The van der Waals surface area contributed by atoms with Crippen LogP contribution in [0.3, 0.4) is 0 Å². The van der Waals surface area contributed by atoms with Crippen LogP contribution in [-0.4, -0.2) is 25.5 Å². The summed E-state index contributed by atoms with van der Waals surface area (Å²) in [5.41, 5.74) is 0.575. The van der Waals surface area contributed by atoms with E-state index in [4.69, 9.17) is 0 Å². The number of nitrogens with one attached hydrogen (secondary N) is 1. The van der Waals surface area contributed by atoms with Crippen molar-refractivity contribution >= 4 is 79.6 Å². The van der Waals surface area contributed by atoms with Crippen LogP contribution in [-0.2, 0) is 9.53 Å². The average molecular weight is 571 g/mol. The molecule has 0 atom stereocenters. The highest BCUT2D eigenvalue weighted by atomic mass is 127. The number of rotatable bonds is 3. The van der Waals surface area contributed by atoms with Crippen molar-refractivity contribution in [3.05, 3.63) is 28.4 Å². The molecule has 0 aliphatic heterocycles. The van der Waals surface area contributed by atoms with Crippen LogP contribution in [0.15, 0.2) is 12.1 Å². The van der Waals surface area contributed by atoms with E-state index in [2.05, 4.69) is 77.8 Å². The summed E-state index contributed by atoms with van der Waals surface area (Å²) >= 11 is 6.44. The zero-order valence-electron chi connectivity index (χ0n) is 8.72. The SMILES string of the molecule is COC(=O)CNC(=O)c1cc(I)cc(I)c1I. The predicted octanol–water partition coefficient (Wildman–Crippen LogP) is 2.40.